The number of aryl methyl sites for hydroxylation is 2. The molecule has 1 fully saturated rings. The van der Waals surface area contributed by atoms with Gasteiger partial charge in [-0.3, -0.25) is 0 Å². The number of ether oxygens (including phenoxy) is 1. The fourth-order valence-electron chi connectivity index (χ4n) is 2.91. The molecule has 0 spiro atoms. The van der Waals surface area contributed by atoms with Crippen LogP contribution in [0.25, 0.3) is 0 Å². The van der Waals surface area contributed by atoms with Crippen LogP contribution in [0.1, 0.15) is 21.1 Å². The maximum Gasteiger partial charge on any atom is 0.317 e. The lowest BCUT2D eigenvalue weighted by Crippen LogP contribution is -2.50. The molecule has 1 atom stereocenters. The molecule has 5 nitrogen and oxygen atoms in total. The first-order valence-electron chi connectivity index (χ1n) is 8.23. The SMILES string of the molecule is Cc1nc(C)c(CNC(=O)N2CCO[C@H](Cc3ccccc3)C2)s1. The zero-order valence-electron chi connectivity index (χ0n) is 14.1. The van der Waals surface area contributed by atoms with Crippen molar-refractivity contribution >= 4 is 17.4 Å². The average Bonchev–Trinajstić information content (AvgIpc) is 2.91. The number of benzene rings is 1. The standard InChI is InChI=1S/C18H23N3O2S/c1-13-17(24-14(2)20-13)11-19-18(22)21-8-9-23-16(12-21)10-15-6-4-3-5-7-15/h3-7,16H,8-12H2,1-2H3,(H,19,22)/t16-/m1/s1. The summed E-state index contributed by atoms with van der Waals surface area (Å²) in [6.07, 6.45) is 0.886. The lowest BCUT2D eigenvalue weighted by molar-refractivity contribution is -0.0133. The number of hydrogen-bond donors (Lipinski definition) is 1. The minimum atomic E-state index is -0.0261. The fourth-order valence-corrected chi connectivity index (χ4v) is 3.79. The van der Waals surface area contributed by atoms with Gasteiger partial charge < -0.3 is 15.0 Å². The highest BCUT2D eigenvalue weighted by Crippen LogP contribution is 2.17. The molecule has 24 heavy (non-hydrogen) atoms. The van der Waals surface area contributed by atoms with E-state index in [0.717, 1.165) is 22.0 Å². The van der Waals surface area contributed by atoms with E-state index in [9.17, 15) is 4.79 Å². The first kappa shape index (κ1) is 16.9. The molecule has 3 rings (SSSR count). The highest BCUT2D eigenvalue weighted by Gasteiger charge is 2.24. The van der Waals surface area contributed by atoms with Crippen molar-refractivity contribution in [3.05, 3.63) is 51.5 Å². The molecule has 1 aliphatic heterocycles. The highest BCUT2D eigenvalue weighted by atomic mass is 32.1. The third-order valence-electron chi connectivity index (χ3n) is 4.13. The van der Waals surface area contributed by atoms with E-state index in [1.807, 2.05) is 36.9 Å². The summed E-state index contributed by atoms with van der Waals surface area (Å²) in [5.41, 5.74) is 2.24. The Morgan fingerprint density at radius 3 is 2.88 bits per heavy atom. The van der Waals surface area contributed by atoms with E-state index in [4.69, 9.17) is 4.74 Å². The number of carbonyl (C=O) groups excluding carboxylic acids is 1. The van der Waals surface area contributed by atoms with Gasteiger partial charge in [0.15, 0.2) is 0 Å². The lowest BCUT2D eigenvalue weighted by atomic mass is 10.1. The number of carbonyl (C=O) groups is 1. The van der Waals surface area contributed by atoms with Crippen molar-refractivity contribution in [2.24, 2.45) is 0 Å². The minimum Gasteiger partial charge on any atom is -0.374 e. The summed E-state index contributed by atoms with van der Waals surface area (Å²) in [6.45, 7) is 6.36. The maximum absolute atomic E-state index is 12.4. The number of nitrogens with zero attached hydrogens (tertiary/aromatic N) is 2. The van der Waals surface area contributed by atoms with E-state index in [1.165, 1.54) is 5.56 Å². The molecule has 6 heteroatoms. The van der Waals surface area contributed by atoms with Crippen LogP contribution in [0, 0.1) is 13.8 Å². The maximum atomic E-state index is 12.4. The number of rotatable bonds is 4. The zero-order valence-corrected chi connectivity index (χ0v) is 14.9. The van der Waals surface area contributed by atoms with Gasteiger partial charge in [-0.15, -0.1) is 11.3 Å². The fraction of sp³-hybridized carbons (Fsp3) is 0.444. The van der Waals surface area contributed by atoms with Crippen LogP contribution in [0.3, 0.4) is 0 Å². The number of nitrogens with one attached hydrogen (secondary N) is 1. The lowest BCUT2D eigenvalue weighted by Gasteiger charge is -2.33. The van der Waals surface area contributed by atoms with Gasteiger partial charge in [0, 0.05) is 24.4 Å². The second-order valence-electron chi connectivity index (χ2n) is 6.03. The van der Waals surface area contributed by atoms with Crippen LogP contribution in [-0.2, 0) is 17.7 Å². The van der Waals surface area contributed by atoms with E-state index in [-0.39, 0.29) is 12.1 Å². The van der Waals surface area contributed by atoms with E-state index < -0.39 is 0 Å². The number of morpholine rings is 1. The number of amides is 2. The third-order valence-corrected chi connectivity index (χ3v) is 5.20. The van der Waals surface area contributed by atoms with E-state index >= 15 is 0 Å². The van der Waals surface area contributed by atoms with Gasteiger partial charge in [0.05, 0.1) is 30.0 Å². The van der Waals surface area contributed by atoms with Crippen LogP contribution in [-0.4, -0.2) is 41.7 Å². The molecule has 0 saturated carbocycles. The molecule has 0 bridgehead atoms. The van der Waals surface area contributed by atoms with Crippen molar-refractivity contribution in [2.75, 3.05) is 19.7 Å². The van der Waals surface area contributed by atoms with Crippen molar-refractivity contribution in [1.82, 2.24) is 15.2 Å². The average molecular weight is 345 g/mol. The van der Waals surface area contributed by atoms with Gasteiger partial charge in [0.25, 0.3) is 0 Å². The van der Waals surface area contributed by atoms with Crippen LogP contribution in [0.4, 0.5) is 4.79 Å². The monoisotopic (exact) mass is 345 g/mol. The molecule has 2 aromatic rings. The van der Waals surface area contributed by atoms with E-state index in [0.29, 0.717) is 26.2 Å². The van der Waals surface area contributed by atoms with Crippen molar-refractivity contribution < 1.29 is 9.53 Å². The first-order valence-corrected chi connectivity index (χ1v) is 9.04. The Bertz CT molecular complexity index is 687. The molecular formula is C18H23N3O2S. The summed E-state index contributed by atoms with van der Waals surface area (Å²) in [4.78, 5) is 19.8. The predicted molar refractivity (Wildman–Crippen MR) is 95.3 cm³/mol. The zero-order chi connectivity index (χ0) is 16.9. The summed E-state index contributed by atoms with van der Waals surface area (Å²) < 4.78 is 5.82. The summed E-state index contributed by atoms with van der Waals surface area (Å²) in [5.74, 6) is 0. The smallest absolute Gasteiger partial charge is 0.317 e. The summed E-state index contributed by atoms with van der Waals surface area (Å²) in [7, 11) is 0. The normalized spacial score (nSPS) is 17.8. The quantitative estimate of drug-likeness (QED) is 0.927. The number of urea groups is 1. The van der Waals surface area contributed by atoms with Gasteiger partial charge in [-0.2, -0.15) is 0 Å². The molecule has 1 N–H and O–H groups in total. The third kappa shape index (κ3) is 4.33. The molecular weight excluding hydrogens is 322 g/mol. The Balaban J connectivity index is 1.52. The largest absolute Gasteiger partial charge is 0.374 e. The van der Waals surface area contributed by atoms with Gasteiger partial charge >= 0.3 is 6.03 Å². The Hall–Kier alpha value is -1.92. The van der Waals surface area contributed by atoms with Crippen molar-refractivity contribution in [2.45, 2.75) is 32.9 Å². The predicted octanol–water partition coefficient (Wildman–Crippen LogP) is 2.91. The Kier molecular flexibility index (Phi) is 5.48. The molecule has 128 valence electrons. The Morgan fingerprint density at radius 1 is 1.38 bits per heavy atom. The molecule has 2 heterocycles. The molecule has 2 amide bonds. The van der Waals surface area contributed by atoms with Gasteiger partial charge in [0.1, 0.15) is 0 Å². The molecule has 1 aromatic heterocycles. The molecule has 1 aliphatic rings. The number of thiazole rings is 1. The van der Waals surface area contributed by atoms with Crippen LogP contribution in [0.2, 0.25) is 0 Å². The summed E-state index contributed by atoms with van der Waals surface area (Å²) >= 11 is 1.64. The number of hydrogen-bond acceptors (Lipinski definition) is 4. The molecule has 0 aliphatic carbocycles. The van der Waals surface area contributed by atoms with Crippen LogP contribution in [0.5, 0.6) is 0 Å². The molecule has 0 radical (unpaired) electrons. The topological polar surface area (TPSA) is 54.5 Å². The van der Waals surface area contributed by atoms with Crippen LogP contribution >= 0.6 is 11.3 Å². The summed E-state index contributed by atoms with van der Waals surface area (Å²) in [6, 6.07) is 10.2. The second kappa shape index (κ2) is 7.77. The molecule has 0 unspecified atom stereocenters. The first-order chi connectivity index (χ1) is 11.6. The van der Waals surface area contributed by atoms with E-state index in [2.05, 4.69) is 22.4 Å². The van der Waals surface area contributed by atoms with Crippen molar-refractivity contribution in [3.63, 3.8) is 0 Å². The Labute approximate surface area is 146 Å². The van der Waals surface area contributed by atoms with Crippen LogP contribution in [0.15, 0.2) is 30.3 Å². The Morgan fingerprint density at radius 2 is 2.17 bits per heavy atom. The highest BCUT2D eigenvalue weighted by molar-refractivity contribution is 7.11. The van der Waals surface area contributed by atoms with Gasteiger partial charge in [0.2, 0.25) is 0 Å². The van der Waals surface area contributed by atoms with Crippen molar-refractivity contribution in [1.29, 1.82) is 0 Å². The van der Waals surface area contributed by atoms with Gasteiger partial charge in [-0.25, -0.2) is 9.78 Å². The van der Waals surface area contributed by atoms with Crippen molar-refractivity contribution in [3.8, 4) is 0 Å². The molecule has 1 saturated heterocycles. The van der Waals surface area contributed by atoms with Gasteiger partial charge in [-0.05, 0) is 19.4 Å². The summed E-state index contributed by atoms with van der Waals surface area (Å²) in [5, 5.41) is 4.04. The van der Waals surface area contributed by atoms with E-state index in [1.54, 1.807) is 11.3 Å². The number of aromatic nitrogens is 1. The molecule has 1 aromatic carbocycles. The second-order valence-corrected chi connectivity index (χ2v) is 7.32. The minimum absolute atomic E-state index is 0.0261. The van der Waals surface area contributed by atoms with Crippen LogP contribution < -0.4 is 5.32 Å². The van der Waals surface area contributed by atoms with Gasteiger partial charge in [-0.1, -0.05) is 30.3 Å².